The molecule has 1 aliphatic rings. The molecular weight excluding hydrogens is 202 g/mol. The van der Waals surface area contributed by atoms with E-state index in [1.165, 1.54) is 12.1 Å². The predicted molar refractivity (Wildman–Crippen MR) is 63.5 cm³/mol. The Morgan fingerprint density at radius 1 is 1.38 bits per heavy atom. The lowest BCUT2D eigenvalue weighted by Gasteiger charge is -2.17. The van der Waals surface area contributed by atoms with Crippen LogP contribution in [0.25, 0.3) is 0 Å². The second-order valence-electron chi connectivity index (χ2n) is 5.38. The Kier molecular flexibility index (Phi) is 2.58. The van der Waals surface area contributed by atoms with Gasteiger partial charge in [0.2, 0.25) is 0 Å². The molecule has 0 heterocycles. The molecule has 0 amide bonds. The van der Waals surface area contributed by atoms with Gasteiger partial charge in [0.1, 0.15) is 11.5 Å². The number of nitrogens with one attached hydrogen (secondary N) is 1. The van der Waals surface area contributed by atoms with Crippen molar-refractivity contribution in [1.82, 2.24) is 5.32 Å². The normalized spacial score (nSPS) is 24.1. The largest absolute Gasteiger partial charge is 0.508 e. The molecule has 16 heavy (non-hydrogen) atoms. The highest BCUT2D eigenvalue weighted by Gasteiger charge is 2.46. The third-order valence-electron chi connectivity index (χ3n) is 3.44. The zero-order chi connectivity index (χ0) is 11.9. The summed E-state index contributed by atoms with van der Waals surface area (Å²) in [6.45, 7) is 6.45. The van der Waals surface area contributed by atoms with Gasteiger partial charge in [-0.3, -0.25) is 0 Å². The van der Waals surface area contributed by atoms with Crippen LogP contribution in [-0.2, 0) is 0 Å². The minimum atomic E-state index is 0.0545. The number of hydrogen-bond donors (Lipinski definition) is 3. The topological polar surface area (TPSA) is 52.5 Å². The number of rotatable bonds is 3. The summed E-state index contributed by atoms with van der Waals surface area (Å²) in [7, 11) is 0. The van der Waals surface area contributed by atoms with E-state index in [-0.39, 0.29) is 17.5 Å². The fourth-order valence-corrected chi connectivity index (χ4v) is 2.03. The first-order valence-electron chi connectivity index (χ1n) is 5.68. The summed E-state index contributed by atoms with van der Waals surface area (Å²) in [6, 6.07) is 5.19. The van der Waals surface area contributed by atoms with Crippen LogP contribution >= 0.6 is 0 Å². The molecule has 88 valence electrons. The summed E-state index contributed by atoms with van der Waals surface area (Å²) in [5.41, 5.74) is 1.11. The molecule has 2 atom stereocenters. The van der Waals surface area contributed by atoms with Gasteiger partial charge in [-0.2, -0.15) is 0 Å². The van der Waals surface area contributed by atoms with E-state index in [0.717, 1.165) is 12.0 Å². The quantitative estimate of drug-likeness (QED) is 0.687. The Morgan fingerprint density at radius 3 is 2.56 bits per heavy atom. The van der Waals surface area contributed by atoms with Crippen LogP contribution in [0.4, 0.5) is 0 Å². The maximum atomic E-state index is 9.72. The fraction of sp³-hybridized carbons (Fsp3) is 0.538. The molecule has 3 heteroatoms. The Hall–Kier alpha value is -1.22. The van der Waals surface area contributed by atoms with Crippen molar-refractivity contribution >= 4 is 0 Å². The van der Waals surface area contributed by atoms with Crippen molar-refractivity contribution in [2.75, 3.05) is 0 Å². The molecule has 3 N–H and O–H groups in total. The number of hydrogen-bond acceptors (Lipinski definition) is 3. The van der Waals surface area contributed by atoms with Gasteiger partial charge in [0.15, 0.2) is 0 Å². The first-order valence-corrected chi connectivity index (χ1v) is 5.68. The van der Waals surface area contributed by atoms with E-state index in [9.17, 15) is 10.2 Å². The van der Waals surface area contributed by atoms with Crippen LogP contribution in [0.1, 0.15) is 38.8 Å². The molecule has 2 rings (SSSR count). The van der Waals surface area contributed by atoms with Crippen LogP contribution < -0.4 is 5.32 Å². The Balaban J connectivity index is 2.09. The third-order valence-corrected chi connectivity index (χ3v) is 3.44. The summed E-state index contributed by atoms with van der Waals surface area (Å²) in [4.78, 5) is 0. The lowest BCUT2D eigenvalue weighted by Crippen LogP contribution is -2.24. The van der Waals surface area contributed by atoms with Gasteiger partial charge in [0, 0.05) is 17.6 Å². The molecule has 1 aliphatic carbocycles. The zero-order valence-electron chi connectivity index (χ0n) is 9.99. The van der Waals surface area contributed by atoms with Crippen LogP contribution in [0.3, 0.4) is 0 Å². The third kappa shape index (κ3) is 2.14. The number of benzene rings is 1. The molecule has 2 unspecified atom stereocenters. The number of aromatic hydroxyl groups is 2. The SMILES string of the molecule is CC(NC1CC1(C)C)c1cc(O)ccc1O. The highest BCUT2D eigenvalue weighted by molar-refractivity contribution is 5.40. The summed E-state index contributed by atoms with van der Waals surface area (Å²) in [5.74, 6) is 0.424. The molecule has 0 aromatic heterocycles. The van der Waals surface area contributed by atoms with Crippen LogP contribution in [0.15, 0.2) is 18.2 Å². The smallest absolute Gasteiger partial charge is 0.120 e. The highest BCUT2D eigenvalue weighted by Crippen LogP contribution is 2.46. The van der Waals surface area contributed by atoms with E-state index in [1.54, 1.807) is 6.07 Å². The standard InChI is InChI=1S/C13H19NO2/c1-8(14-12-7-13(12,2)3)10-6-9(15)4-5-11(10)16/h4-6,8,12,14-16H,7H2,1-3H3. The highest BCUT2D eigenvalue weighted by atomic mass is 16.3. The molecule has 0 spiro atoms. The van der Waals surface area contributed by atoms with Crippen LogP contribution in [-0.4, -0.2) is 16.3 Å². The molecule has 3 nitrogen and oxygen atoms in total. The van der Waals surface area contributed by atoms with Gasteiger partial charge in [-0.25, -0.2) is 0 Å². The molecule has 0 saturated heterocycles. The molecule has 1 saturated carbocycles. The van der Waals surface area contributed by atoms with E-state index in [4.69, 9.17) is 0 Å². The van der Waals surface area contributed by atoms with Crippen molar-refractivity contribution in [1.29, 1.82) is 0 Å². The maximum Gasteiger partial charge on any atom is 0.120 e. The van der Waals surface area contributed by atoms with Gasteiger partial charge >= 0.3 is 0 Å². The van der Waals surface area contributed by atoms with Crippen LogP contribution in [0, 0.1) is 5.41 Å². The van der Waals surface area contributed by atoms with Crippen molar-refractivity contribution in [3.8, 4) is 11.5 Å². The van der Waals surface area contributed by atoms with Gasteiger partial charge in [0.25, 0.3) is 0 Å². The Bertz CT molecular complexity index is 401. The zero-order valence-corrected chi connectivity index (χ0v) is 9.99. The summed E-state index contributed by atoms with van der Waals surface area (Å²) in [5, 5.41) is 22.6. The van der Waals surface area contributed by atoms with Gasteiger partial charge in [-0.05, 0) is 37.0 Å². The number of phenolic OH excluding ortho intramolecular Hbond substituents is 2. The lowest BCUT2D eigenvalue weighted by molar-refractivity contribution is 0.432. The van der Waals surface area contributed by atoms with E-state index in [0.29, 0.717) is 11.5 Å². The van der Waals surface area contributed by atoms with E-state index in [2.05, 4.69) is 19.2 Å². The fourth-order valence-electron chi connectivity index (χ4n) is 2.03. The first kappa shape index (κ1) is 11.3. The minimum Gasteiger partial charge on any atom is -0.508 e. The maximum absolute atomic E-state index is 9.72. The van der Waals surface area contributed by atoms with E-state index < -0.39 is 0 Å². The lowest BCUT2D eigenvalue weighted by atomic mass is 10.1. The second kappa shape index (κ2) is 3.67. The molecule has 0 aliphatic heterocycles. The second-order valence-corrected chi connectivity index (χ2v) is 5.38. The minimum absolute atomic E-state index is 0.0545. The average Bonchev–Trinajstić information content (AvgIpc) is 2.77. The average molecular weight is 221 g/mol. The van der Waals surface area contributed by atoms with Crippen molar-refractivity contribution < 1.29 is 10.2 Å². The van der Waals surface area contributed by atoms with Crippen molar-refractivity contribution in [2.24, 2.45) is 5.41 Å². The summed E-state index contributed by atoms with van der Waals surface area (Å²) in [6.07, 6.45) is 1.16. The predicted octanol–water partition coefficient (Wildman–Crippen LogP) is 2.55. The van der Waals surface area contributed by atoms with Crippen molar-refractivity contribution in [2.45, 2.75) is 39.3 Å². The van der Waals surface area contributed by atoms with Gasteiger partial charge in [-0.15, -0.1) is 0 Å². The molecule has 1 aromatic carbocycles. The Morgan fingerprint density at radius 2 is 2.00 bits per heavy atom. The first-order chi connectivity index (χ1) is 7.40. The van der Waals surface area contributed by atoms with Crippen LogP contribution in [0.5, 0.6) is 11.5 Å². The van der Waals surface area contributed by atoms with Gasteiger partial charge < -0.3 is 15.5 Å². The van der Waals surface area contributed by atoms with Gasteiger partial charge in [0.05, 0.1) is 0 Å². The molecular formula is C13H19NO2. The molecule has 1 fully saturated rings. The van der Waals surface area contributed by atoms with E-state index >= 15 is 0 Å². The van der Waals surface area contributed by atoms with Crippen molar-refractivity contribution in [3.05, 3.63) is 23.8 Å². The molecule has 0 radical (unpaired) electrons. The number of phenols is 2. The van der Waals surface area contributed by atoms with Crippen LogP contribution in [0.2, 0.25) is 0 Å². The Labute approximate surface area is 96.1 Å². The van der Waals surface area contributed by atoms with E-state index in [1.807, 2.05) is 6.92 Å². The molecule has 1 aromatic rings. The van der Waals surface area contributed by atoms with Gasteiger partial charge in [-0.1, -0.05) is 13.8 Å². The summed E-state index contributed by atoms with van der Waals surface area (Å²) < 4.78 is 0. The summed E-state index contributed by atoms with van der Waals surface area (Å²) >= 11 is 0. The molecule has 0 bridgehead atoms. The van der Waals surface area contributed by atoms with Crippen molar-refractivity contribution in [3.63, 3.8) is 0 Å². The monoisotopic (exact) mass is 221 g/mol.